The van der Waals surface area contributed by atoms with Gasteiger partial charge in [-0.25, -0.2) is 0 Å². The van der Waals surface area contributed by atoms with Gasteiger partial charge in [0.25, 0.3) is 0 Å². The Morgan fingerprint density at radius 2 is 0.933 bits per heavy atom. The zero-order valence-corrected chi connectivity index (χ0v) is 29.9. The van der Waals surface area contributed by atoms with Crippen LogP contribution in [0.5, 0.6) is 0 Å². The third kappa shape index (κ3) is 6.21. The van der Waals surface area contributed by atoms with E-state index in [-0.39, 0.29) is 9.52 Å². The van der Waals surface area contributed by atoms with Gasteiger partial charge in [-0.1, -0.05) is 162 Å². The Labute approximate surface area is 275 Å². The third-order valence-corrected chi connectivity index (χ3v) is 13.2. The lowest BCUT2D eigenvalue weighted by atomic mass is 9.91. The second-order valence-corrected chi connectivity index (χ2v) is 15.5. The molecule has 4 atom stereocenters. The molecular formula is C44H52Si. The molecule has 2 aliphatic rings. The van der Waals surface area contributed by atoms with Crippen LogP contribution in [0.3, 0.4) is 0 Å². The predicted molar refractivity (Wildman–Crippen MR) is 201 cm³/mol. The topological polar surface area (TPSA) is 0 Å². The van der Waals surface area contributed by atoms with E-state index in [1.807, 2.05) is 0 Å². The van der Waals surface area contributed by atoms with E-state index in [2.05, 4.69) is 139 Å². The van der Waals surface area contributed by atoms with Gasteiger partial charge in [-0.2, -0.15) is 0 Å². The molecule has 0 nitrogen and oxygen atoms in total. The Kier molecular flexibility index (Phi) is 9.76. The van der Waals surface area contributed by atoms with Crippen molar-refractivity contribution in [1.29, 1.82) is 0 Å². The van der Waals surface area contributed by atoms with Crippen LogP contribution in [0.4, 0.5) is 0 Å². The first kappa shape index (κ1) is 31.6. The molecule has 0 N–H and O–H groups in total. The van der Waals surface area contributed by atoms with Crippen LogP contribution in [0.1, 0.15) is 124 Å². The van der Waals surface area contributed by atoms with Crippen molar-refractivity contribution in [1.82, 2.24) is 0 Å². The quantitative estimate of drug-likeness (QED) is 0.140. The van der Waals surface area contributed by atoms with Gasteiger partial charge in [0.15, 0.2) is 0 Å². The van der Waals surface area contributed by atoms with Crippen LogP contribution < -0.4 is 0 Å². The Bertz CT molecular complexity index is 1560. The fourth-order valence-corrected chi connectivity index (χ4v) is 10.3. The average Bonchev–Trinajstić information content (AvgIpc) is 3.65. The molecule has 0 aliphatic heterocycles. The molecule has 6 rings (SSSR count). The van der Waals surface area contributed by atoms with E-state index in [9.17, 15) is 0 Å². The summed E-state index contributed by atoms with van der Waals surface area (Å²) in [5.74, 6) is 2.43. The molecule has 0 aromatic heterocycles. The van der Waals surface area contributed by atoms with Crippen LogP contribution in [-0.4, -0.2) is 9.52 Å². The maximum absolute atomic E-state index is 2.55. The van der Waals surface area contributed by atoms with Gasteiger partial charge in [0, 0.05) is 21.4 Å². The van der Waals surface area contributed by atoms with E-state index in [1.54, 1.807) is 22.3 Å². The van der Waals surface area contributed by atoms with Gasteiger partial charge in [-0.3, -0.25) is 0 Å². The van der Waals surface area contributed by atoms with E-state index < -0.39 is 0 Å². The van der Waals surface area contributed by atoms with Crippen LogP contribution >= 0.6 is 0 Å². The van der Waals surface area contributed by atoms with Crippen LogP contribution in [0, 0.1) is 0 Å². The summed E-state index contributed by atoms with van der Waals surface area (Å²) in [6, 6.07) is 35.6. The third-order valence-electron chi connectivity index (χ3n) is 11.2. The second-order valence-electron chi connectivity index (χ2n) is 13.7. The highest BCUT2D eigenvalue weighted by Crippen LogP contribution is 2.47. The van der Waals surface area contributed by atoms with Gasteiger partial charge < -0.3 is 0 Å². The highest BCUT2D eigenvalue weighted by molar-refractivity contribution is 6.36. The Morgan fingerprint density at radius 3 is 1.29 bits per heavy atom. The molecular weight excluding hydrogens is 557 g/mol. The number of rotatable bonds is 12. The minimum absolute atomic E-state index is 0.275. The molecule has 1 heteroatoms. The lowest BCUT2D eigenvalue weighted by Gasteiger charge is -2.20. The van der Waals surface area contributed by atoms with Crippen molar-refractivity contribution < 1.29 is 0 Å². The van der Waals surface area contributed by atoms with Gasteiger partial charge in [-0.15, -0.1) is 0 Å². The first-order valence-corrected chi connectivity index (χ1v) is 19.8. The molecule has 45 heavy (non-hydrogen) atoms. The number of fused-ring (bicyclic) bond motifs is 2. The molecule has 0 spiro atoms. The largest absolute Gasteiger partial charge is 0.0648 e. The summed E-state index contributed by atoms with van der Waals surface area (Å²) in [6.07, 6.45) is 9.76. The highest BCUT2D eigenvalue weighted by atomic mass is 28.2. The molecule has 0 saturated carbocycles. The molecule has 4 unspecified atom stereocenters. The molecule has 2 aliphatic carbocycles. The smallest absolute Gasteiger partial charge is 0.0218 e. The number of allylic oxidation sites excluding steroid dienone is 2. The van der Waals surface area contributed by atoms with Crippen LogP contribution in [0.15, 0.2) is 96.1 Å². The Balaban J connectivity index is 1.20. The van der Waals surface area contributed by atoms with Crippen molar-refractivity contribution in [2.75, 3.05) is 0 Å². The molecule has 4 aromatic carbocycles. The summed E-state index contributed by atoms with van der Waals surface area (Å²) in [6.45, 7) is 13.9. The van der Waals surface area contributed by atoms with E-state index in [4.69, 9.17) is 0 Å². The Hall–Kier alpha value is -3.42. The summed E-state index contributed by atoms with van der Waals surface area (Å²) >= 11 is 0. The van der Waals surface area contributed by atoms with Gasteiger partial charge in [0.05, 0.1) is 0 Å². The fraction of sp³-hybridized carbons (Fsp3) is 0.364. The highest BCUT2D eigenvalue weighted by Gasteiger charge is 2.29. The van der Waals surface area contributed by atoms with Gasteiger partial charge in [0.2, 0.25) is 0 Å². The minimum Gasteiger partial charge on any atom is -0.0648 e. The molecule has 0 saturated heterocycles. The predicted octanol–water partition coefficient (Wildman–Crippen LogP) is 12.5. The SMILES string of the molecule is CCC1=Cc2c(-c3ccc(C(C)CC)cc3)cccc2C1C[SiH2]CC1C(CC)=Cc2c(-c3ccc(C(C)CC)cc3)cccc21. The van der Waals surface area contributed by atoms with Crippen molar-refractivity contribution in [2.45, 2.75) is 103 Å². The van der Waals surface area contributed by atoms with Gasteiger partial charge in [0.1, 0.15) is 0 Å². The van der Waals surface area contributed by atoms with Crippen molar-refractivity contribution in [3.8, 4) is 22.3 Å². The first-order chi connectivity index (χ1) is 22.0. The zero-order valence-electron chi connectivity index (χ0n) is 28.5. The molecule has 0 bridgehead atoms. The maximum atomic E-state index is 2.55. The number of hydrogen-bond donors (Lipinski definition) is 0. The summed E-state index contributed by atoms with van der Waals surface area (Å²) < 4.78 is 0. The standard InChI is InChI=1S/C44H52Si/c1-7-29(5)33-17-21-35(22-18-33)37-13-11-15-39-41(37)25-31(9-3)43(39)27-45-28-44-32(10-4)26-42-38(14-12-16-40(42)44)36-23-19-34(20-24-36)30(6)8-2/h11-26,29-30,43-44H,7-10,27-28,45H2,1-6H3. The van der Waals surface area contributed by atoms with Crippen LogP contribution in [-0.2, 0) is 0 Å². The van der Waals surface area contributed by atoms with E-state index in [0.29, 0.717) is 23.7 Å². The van der Waals surface area contributed by atoms with Gasteiger partial charge in [-0.05, 0) is 93.2 Å². The second kappa shape index (κ2) is 13.9. The fourth-order valence-electron chi connectivity index (χ4n) is 7.93. The lowest BCUT2D eigenvalue weighted by molar-refractivity contribution is 0.734. The Morgan fingerprint density at radius 1 is 0.533 bits per heavy atom. The molecule has 0 fully saturated rings. The van der Waals surface area contributed by atoms with Crippen molar-refractivity contribution in [3.05, 3.63) is 129 Å². The summed E-state index contributed by atoms with van der Waals surface area (Å²) in [5.41, 5.74) is 17.8. The summed E-state index contributed by atoms with van der Waals surface area (Å²) in [5, 5.41) is 0. The first-order valence-electron chi connectivity index (χ1n) is 17.8. The monoisotopic (exact) mass is 608 g/mol. The molecule has 232 valence electrons. The van der Waals surface area contributed by atoms with Crippen molar-refractivity contribution in [3.63, 3.8) is 0 Å². The normalized spacial score (nSPS) is 18.5. The van der Waals surface area contributed by atoms with E-state index in [0.717, 1.165) is 12.8 Å². The lowest BCUT2D eigenvalue weighted by Crippen LogP contribution is -2.08. The summed E-state index contributed by atoms with van der Waals surface area (Å²) in [4.78, 5) is 0. The number of benzene rings is 4. The summed E-state index contributed by atoms with van der Waals surface area (Å²) in [7, 11) is -0.275. The molecule has 0 heterocycles. The van der Waals surface area contributed by atoms with Crippen molar-refractivity contribution in [2.24, 2.45) is 0 Å². The van der Waals surface area contributed by atoms with Crippen LogP contribution in [0.2, 0.25) is 12.1 Å². The van der Waals surface area contributed by atoms with E-state index >= 15 is 0 Å². The molecule has 4 aromatic rings. The number of hydrogen-bond acceptors (Lipinski definition) is 0. The maximum Gasteiger partial charge on any atom is 0.0218 e. The minimum atomic E-state index is -0.275. The van der Waals surface area contributed by atoms with E-state index in [1.165, 1.54) is 69.4 Å². The molecule has 0 radical (unpaired) electrons. The van der Waals surface area contributed by atoms with Gasteiger partial charge >= 0.3 is 0 Å². The molecule has 0 amide bonds. The van der Waals surface area contributed by atoms with Crippen LogP contribution in [0.25, 0.3) is 34.4 Å². The van der Waals surface area contributed by atoms with Crippen molar-refractivity contribution >= 4 is 21.7 Å². The zero-order chi connectivity index (χ0) is 31.5. The average molecular weight is 609 g/mol.